The van der Waals surface area contributed by atoms with Gasteiger partial charge in [-0.2, -0.15) is 0 Å². The minimum atomic E-state index is -3.85. The van der Waals surface area contributed by atoms with E-state index >= 15 is 0 Å². The second kappa shape index (κ2) is 3.05. The van der Waals surface area contributed by atoms with E-state index in [1.807, 2.05) is 0 Å². The first kappa shape index (κ1) is 8.91. The van der Waals surface area contributed by atoms with Crippen LogP contribution in [0.15, 0.2) is 4.99 Å². The summed E-state index contributed by atoms with van der Waals surface area (Å²) in [6.07, 6.45) is 1.83. The highest BCUT2D eigenvalue weighted by Crippen LogP contribution is 2.49. The van der Waals surface area contributed by atoms with Gasteiger partial charge < -0.3 is 9.79 Å². The Morgan fingerprint density at radius 2 is 2.09 bits per heavy atom. The Labute approximate surface area is 65.5 Å². The van der Waals surface area contributed by atoms with E-state index in [9.17, 15) is 4.57 Å². The van der Waals surface area contributed by atoms with Gasteiger partial charge in [-0.05, 0) is 26.0 Å². The third-order valence-corrected chi connectivity index (χ3v) is 3.53. The topological polar surface area (TPSA) is 69.9 Å². The summed E-state index contributed by atoms with van der Waals surface area (Å²) in [4.78, 5) is 21.3. The zero-order valence-electron chi connectivity index (χ0n) is 6.18. The summed E-state index contributed by atoms with van der Waals surface area (Å²) in [7, 11) is -3.85. The molecule has 0 aliphatic heterocycles. The van der Waals surface area contributed by atoms with Gasteiger partial charge in [0.15, 0.2) is 0 Å². The van der Waals surface area contributed by atoms with E-state index in [0.717, 1.165) is 6.42 Å². The fourth-order valence-electron chi connectivity index (χ4n) is 1.41. The predicted molar refractivity (Wildman–Crippen MR) is 43.0 cm³/mol. The number of hydrogen-bond acceptors (Lipinski definition) is 2. The first-order valence-electron chi connectivity index (χ1n) is 3.55. The van der Waals surface area contributed by atoms with Gasteiger partial charge in [-0.25, -0.2) is 0 Å². The van der Waals surface area contributed by atoms with Crippen molar-refractivity contribution in [2.24, 2.45) is 4.99 Å². The molecule has 0 radical (unpaired) electrons. The molecule has 1 fully saturated rings. The summed E-state index contributed by atoms with van der Waals surface area (Å²) >= 11 is 0. The molecule has 1 saturated carbocycles. The van der Waals surface area contributed by atoms with Crippen LogP contribution in [0.3, 0.4) is 0 Å². The first-order chi connectivity index (χ1) is 5.04. The largest absolute Gasteiger partial charge is 0.328 e. The molecule has 0 spiro atoms. The first-order valence-corrected chi connectivity index (χ1v) is 5.23. The molecule has 2 N–H and O–H groups in total. The van der Waals surface area contributed by atoms with E-state index in [0.29, 0.717) is 12.8 Å². The molecule has 64 valence electrons. The highest BCUT2D eigenvalue weighted by Gasteiger charge is 2.35. The zero-order valence-corrected chi connectivity index (χ0v) is 7.07. The fourth-order valence-corrected chi connectivity index (χ4v) is 2.41. The third kappa shape index (κ3) is 2.12. The maximum Gasteiger partial charge on any atom is 0.328 e. The average molecular weight is 177 g/mol. The highest BCUT2D eigenvalue weighted by atomic mass is 31.2. The number of rotatable bonds is 2. The molecule has 0 heterocycles. The van der Waals surface area contributed by atoms with Gasteiger partial charge in [-0.3, -0.25) is 9.56 Å². The van der Waals surface area contributed by atoms with Crippen LogP contribution >= 0.6 is 7.60 Å². The summed E-state index contributed by atoms with van der Waals surface area (Å²) in [6.45, 7) is 3.36. The Bertz CT molecular complexity index is 200. The van der Waals surface area contributed by atoms with Crippen LogP contribution in [0.5, 0.6) is 0 Å². The van der Waals surface area contributed by atoms with Crippen LogP contribution in [-0.2, 0) is 4.57 Å². The lowest BCUT2D eigenvalue weighted by atomic mass is 10.3. The van der Waals surface area contributed by atoms with Gasteiger partial charge >= 0.3 is 7.60 Å². The molecule has 1 aliphatic rings. The van der Waals surface area contributed by atoms with Crippen molar-refractivity contribution in [3.05, 3.63) is 0 Å². The Balaban J connectivity index is 2.55. The van der Waals surface area contributed by atoms with Crippen LogP contribution in [0.25, 0.3) is 0 Å². The van der Waals surface area contributed by atoms with E-state index in [1.54, 1.807) is 0 Å². The zero-order chi connectivity index (χ0) is 8.48. The van der Waals surface area contributed by atoms with Crippen LogP contribution in [0.1, 0.15) is 19.3 Å². The summed E-state index contributed by atoms with van der Waals surface area (Å²) in [5, 5.41) is 0. The normalized spacial score (nSPS) is 32.2. The molecular formula is C6H12NO3P. The minimum absolute atomic E-state index is 0.0626. The molecule has 4 nitrogen and oxygen atoms in total. The fraction of sp³-hybridized carbons (Fsp3) is 0.833. The summed E-state index contributed by atoms with van der Waals surface area (Å²) < 4.78 is 10.7. The van der Waals surface area contributed by atoms with Gasteiger partial charge in [-0.15, -0.1) is 0 Å². The summed E-state index contributed by atoms with van der Waals surface area (Å²) in [5.41, 5.74) is -0.474. The molecule has 0 aromatic rings. The Hall–Kier alpha value is -0.180. The molecular weight excluding hydrogens is 165 g/mol. The second-order valence-corrected chi connectivity index (χ2v) is 4.80. The average Bonchev–Trinajstić information content (AvgIpc) is 2.32. The van der Waals surface area contributed by atoms with E-state index < -0.39 is 13.3 Å². The molecule has 0 aromatic carbocycles. The lowest BCUT2D eigenvalue weighted by Crippen LogP contribution is -2.04. The van der Waals surface area contributed by atoms with Crippen LogP contribution in [0.2, 0.25) is 0 Å². The van der Waals surface area contributed by atoms with Crippen LogP contribution < -0.4 is 0 Å². The molecule has 2 unspecified atom stereocenters. The molecule has 1 aliphatic carbocycles. The van der Waals surface area contributed by atoms with Gasteiger partial charge in [0.1, 0.15) is 0 Å². The summed E-state index contributed by atoms with van der Waals surface area (Å²) in [5.74, 6) is 0. The third-order valence-electron chi connectivity index (χ3n) is 2.11. The van der Waals surface area contributed by atoms with Gasteiger partial charge in [0, 0.05) is 0 Å². The van der Waals surface area contributed by atoms with Crippen molar-refractivity contribution in [2.75, 3.05) is 0 Å². The van der Waals surface area contributed by atoms with Crippen LogP contribution in [0, 0.1) is 0 Å². The minimum Gasteiger partial charge on any atom is -0.324 e. The van der Waals surface area contributed by atoms with Gasteiger partial charge in [-0.1, -0.05) is 0 Å². The summed E-state index contributed by atoms with van der Waals surface area (Å²) in [6, 6.07) is 0.0626. The van der Waals surface area contributed by atoms with Crippen molar-refractivity contribution in [3.8, 4) is 0 Å². The number of aliphatic imine (C=N–C) groups is 1. The second-order valence-electron chi connectivity index (χ2n) is 2.89. The quantitative estimate of drug-likeness (QED) is 0.483. The van der Waals surface area contributed by atoms with Gasteiger partial charge in [0.05, 0.1) is 11.7 Å². The molecule has 1 rings (SSSR count). The van der Waals surface area contributed by atoms with E-state index in [2.05, 4.69) is 11.7 Å². The molecule has 5 heteroatoms. The van der Waals surface area contributed by atoms with E-state index in [-0.39, 0.29) is 6.04 Å². The van der Waals surface area contributed by atoms with Crippen LogP contribution in [0.4, 0.5) is 0 Å². The van der Waals surface area contributed by atoms with Crippen molar-refractivity contribution in [1.29, 1.82) is 0 Å². The van der Waals surface area contributed by atoms with Crippen molar-refractivity contribution < 1.29 is 14.4 Å². The Morgan fingerprint density at radius 1 is 1.45 bits per heavy atom. The SMILES string of the molecule is C=NC1CCC(P(=O)(O)O)C1. The van der Waals surface area contributed by atoms with Gasteiger partial charge in [0.25, 0.3) is 0 Å². The van der Waals surface area contributed by atoms with E-state index in [1.165, 1.54) is 0 Å². The Kier molecular flexibility index (Phi) is 2.47. The Morgan fingerprint density at radius 3 is 2.36 bits per heavy atom. The van der Waals surface area contributed by atoms with Crippen molar-refractivity contribution in [1.82, 2.24) is 0 Å². The molecule has 0 amide bonds. The lowest BCUT2D eigenvalue weighted by Gasteiger charge is -2.10. The van der Waals surface area contributed by atoms with Crippen molar-refractivity contribution >= 4 is 14.3 Å². The number of nitrogens with zero attached hydrogens (tertiary/aromatic N) is 1. The predicted octanol–water partition coefficient (Wildman–Crippen LogP) is 0.786. The molecule has 0 bridgehead atoms. The van der Waals surface area contributed by atoms with Crippen molar-refractivity contribution in [2.45, 2.75) is 31.0 Å². The van der Waals surface area contributed by atoms with Gasteiger partial charge in [0.2, 0.25) is 0 Å². The molecule has 2 atom stereocenters. The van der Waals surface area contributed by atoms with E-state index in [4.69, 9.17) is 9.79 Å². The molecule has 0 aromatic heterocycles. The maximum atomic E-state index is 10.7. The van der Waals surface area contributed by atoms with Crippen molar-refractivity contribution in [3.63, 3.8) is 0 Å². The molecule has 0 saturated heterocycles. The monoisotopic (exact) mass is 177 g/mol. The highest BCUT2D eigenvalue weighted by molar-refractivity contribution is 7.52. The standard InChI is InChI=1S/C6H12NO3P/c1-7-5-2-3-6(4-5)11(8,9)10/h5-6H,1-4H2,(H2,8,9,10). The lowest BCUT2D eigenvalue weighted by molar-refractivity contribution is 0.357. The number of hydrogen-bond donors (Lipinski definition) is 2. The van der Waals surface area contributed by atoms with Crippen LogP contribution in [-0.4, -0.2) is 28.2 Å². The smallest absolute Gasteiger partial charge is 0.324 e. The molecule has 11 heavy (non-hydrogen) atoms. The maximum absolute atomic E-state index is 10.7.